The van der Waals surface area contributed by atoms with E-state index in [0.29, 0.717) is 19.4 Å². The van der Waals surface area contributed by atoms with Crippen molar-refractivity contribution in [1.82, 2.24) is 10.2 Å². The lowest BCUT2D eigenvalue weighted by Crippen LogP contribution is -2.48. The Morgan fingerprint density at radius 2 is 1.57 bits per heavy atom. The molecule has 1 saturated heterocycles. The summed E-state index contributed by atoms with van der Waals surface area (Å²) in [6.07, 6.45) is 4.39. The van der Waals surface area contributed by atoms with E-state index in [1.807, 2.05) is 6.07 Å². The molecule has 2 aromatic rings. The number of likely N-dealkylation sites (tertiary alicyclic amines) is 1. The number of nitrogens with zero attached hydrogens (tertiary/aromatic N) is 1. The molecule has 0 bridgehead atoms. The van der Waals surface area contributed by atoms with Crippen molar-refractivity contribution in [3.63, 3.8) is 0 Å². The van der Waals surface area contributed by atoms with E-state index in [1.54, 1.807) is 0 Å². The van der Waals surface area contributed by atoms with Crippen molar-refractivity contribution in [2.24, 2.45) is 0 Å². The van der Waals surface area contributed by atoms with Gasteiger partial charge in [-0.15, -0.1) is 0 Å². The number of hydrogen-bond donors (Lipinski definition) is 2. The second kappa shape index (κ2) is 7.69. The first-order valence-corrected chi connectivity index (χ1v) is 10.3. The summed E-state index contributed by atoms with van der Waals surface area (Å²) in [6.45, 7) is 4.02. The van der Waals surface area contributed by atoms with Gasteiger partial charge in [0.25, 0.3) is 0 Å². The van der Waals surface area contributed by atoms with Crippen LogP contribution in [0, 0.1) is 0 Å². The maximum absolute atomic E-state index is 12.2. The van der Waals surface area contributed by atoms with Gasteiger partial charge in [-0.25, -0.2) is 0 Å². The van der Waals surface area contributed by atoms with Crippen LogP contribution < -0.4 is 5.32 Å². The van der Waals surface area contributed by atoms with Gasteiger partial charge in [0, 0.05) is 18.6 Å². The molecule has 4 heteroatoms. The molecule has 1 heterocycles. The lowest BCUT2D eigenvalue weighted by atomic mass is 9.84. The summed E-state index contributed by atoms with van der Waals surface area (Å²) in [5, 5.41) is 14.3. The van der Waals surface area contributed by atoms with Crippen molar-refractivity contribution in [2.75, 3.05) is 19.6 Å². The van der Waals surface area contributed by atoms with Crippen LogP contribution in [0.2, 0.25) is 0 Å². The normalized spacial score (nSPS) is 20.5. The minimum absolute atomic E-state index is 0.0368. The van der Waals surface area contributed by atoms with Gasteiger partial charge in [-0.3, -0.25) is 9.69 Å². The number of nitrogens with one attached hydrogen (secondary N) is 1. The first-order chi connectivity index (χ1) is 13.4. The summed E-state index contributed by atoms with van der Waals surface area (Å²) in [5.74, 6) is 0.107. The standard InChI is InChI=1S/C24H30N2O2/c1-23(11-12-23)25-22(27)18-26-15-13-24(28,14-16-26)21-9-7-20(8-10-21)17-19-5-3-2-4-6-19/h2-10,28H,11-18H2,1H3,(H,25,27). The van der Waals surface area contributed by atoms with Crippen molar-refractivity contribution >= 4 is 5.91 Å². The van der Waals surface area contributed by atoms with E-state index in [1.165, 1.54) is 11.1 Å². The van der Waals surface area contributed by atoms with E-state index in [4.69, 9.17) is 0 Å². The second-order valence-corrected chi connectivity index (χ2v) is 8.78. The Balaban J connectivity index is 1.31. The van der Waals surface area contributed by atoms with Crippen LogP contribution in [0.1, 0.15) is 49.3 Å². The van der Waals surface area contributed by atoms with Crippen molar-refractivity contribution in [3.05, 3.63) is 71.3 Å². The highest BCUT2D eigenvalue weighted by Crippen LogP contribution is 2.35. The SMILES string of the molecule is CC1(NC(=O)CN2CCC(O)(c3ccc(Cc4ccccc4)cc3)CC2)CC1. The molecule has 2 aliphatic rings. The molecule has 0 aromatic heterocycles. The predicted octanol–water partition coefficient (Wildman–Crippen LogP) is 3.23. The summed E-state index contributed by atoms with van der Waals surface area (Å²) in [6, 6.07) is 18.8. The number of aliphatic hydroxyl groups is 1. The average molecular weight is 379 g/mol. The molecule has 0 radical (unpaired) electrons. The molecule has 1 aliphatic carbocycles. The van der Waals surface area contributed by atoms with Crippen LogP contribution in [0.5, 0.6) is 0 Å². The maximum Gasteiger partial charge on any atom is 0.234 e. The Morgan fingerprint density at radius 1 is 0.964 bits per heavy atom. The minimum Gasteiger partial charge on any atom is -0.385 e. The highest BCUT2D eigenvalue weighted by atomic mass is 16.3. The topological polar surface area (TPSA) is 52.6 Å². The van der Waals surface area contributed by atoms with Crippen molar-refractivity contribution in [2.45, 2.75) is 50.2 Å². The van der Waals surface area contributed by atoms with Gasteiger partial charge in [-0.2, -0.15) is 0 Å². The molecule has 1 saturated carbocycles. The Bertz CT molecular complexity index is 804. The van der Waals surface area contributed by atoms with Gasteiger partial charge < -0.3 is 10.4 Å². The van der Waals surface area contributed by atoms with Gasteiger partial charge in [0.15, 0.2) is 0 Å². The van der Waals surface area contributed by atoms with Gasteiger partial charge in [-0.1, -0.05) is 54.6 Å². The molecular formula is C24H30N2O2. The summed E-state index contributed by atoms with van der Waals surface area (Å²) in [7, 11) is 0. The van der Waals surface area contributed by atoms with Crippen LogP contribution >= 0.6 is 0 Å². The summed E-state index contributed by atoms with van der Waals surface area (Å²) in [4.78, 5) is 14.3. The molecule has 2 N–H and O–H groups in total. The first-order valence-electron chi connectivity index (χ1n) is 10.3. The molecule has 28 heavy (non-hydrogen) atoms. The number of rotatable bonds is 6. The molecule has 1 amide bonds. The van der Waals surface area contributed by atoms with Crippen LogP contribution in [0.25, 0.3) is 0 Å². The number of carbonyl (C=O) groups excluding carboxylic acids is 1. The highest BCUT2D eigenvalue weighted by molar-refractivity contribution is 5.79. The van der Waals surface area contributed by atoms with Crippen LogP contribution in [0.4, 0.5) is 0 Å². The summed E-state index contributed by atoms with van der Waals surface area (Å²) in [5.41, 5.74) is 2.77. The number of carbonyl (C=O) groups is 1. The van der Waals surface area contributed by atoms with Crippen LogP contribution in [-0.2, 0) is 16.8 Å². The number of hydrogen-bond acceptors (Lipinski definition) is 3. The zero-order valence-electron chi connectivity index (χ0n) is 16.7. The zero-order chi connectivity index (χ0) is 19.6. The van der Waals surface area contributed by atoms with E-state index in [0.717, 1.165) is 37.9 Å². The molecule has 2 fully saturated rings. The Labute approximate surface area is 167 Å². The van der Waals surface area contributed by atoms with Crippen LogP contribution in [-0.4, -0.2) is 41.1 Å². The second-order valence-electron chi connectivity index (χ2n) is 8.78. The average Bonchev–Trinajstić information content (AvgIpc) is 3.41. The van der Waals surface area contributed by atoms with E-state index < -0.39 is 5.60 Å². The third-order valence-corrected chi connectivity index (χ3v) is 6.23. The zero-order valence-corrected chi connectivity index (χ0v) is 16.7. The van der Waals surface area contributed by atoms with Gasteiger partial charge in [-0.05, 0) is 55.7 Å². The fraction of sp³-hybridized carbons (Fsp3) is 0.458. The molecule has 0 unspecified atom stereocenters. The summed E-state index contributed by atoms with van der Waals surface area (Å²) < 4.78 is 0. The van der Waals surface area contributed by atoms with Gasteiger partial charge in [0.05, 0.1) is 12.1 Å². The Kier molecular flexibility index (Phi) is 5.26. The van der Waals surface area contributed by atoms with Gasteiger partial charge >= 0.3 is 0 Å². The number of amides is 1. The molecule has 4 rings (SSSR count). The van der Waals surface area contributed by atoms with E-state index in [-0.39, 0.29) is 11.4 Å². The van der Waals surface area contributed by atoms with E-state index in [9.17, 15) is 9.90 Å². The predicted molar refractivity (Wildman–Crippen MR) is 111 cm³/mol. The largest absolute Gasteiger partial charge is 0.385 e. The Hall–Kier alpha value is -2.17. The smallest absolute Gasteiger partial charge is 0.234 e. The monoisotopic (exact) mass is 378 g/mol. The van der Waals surface area contributed by atoms with Gasteiger partial charge in [0.2, 0.25) is 5.91 Å². The quantitative estimate of drug-likeness (QED) is 0.811. The lowest BCUT2D eigenvalue weighted by Gasteiger charge is -2.38. The van der Waals surface area contributed by atoms with Crippen LogP contribution in [0.3, 0.4) is 0 Å². The number of piperidine rings is 1. The van der Waals surface area contributed by atoms with E-state index >= 15 is 0 Å². The minimum atomic E-state index is -0.791. The third-order valence-electron chi connectivity index (χ3n) is 6.23. The van der Waals surface area contributed by atoms with Crippen molar-refractivity contribution in [3.8, 4) is 0 Å². The third kappa shape index (κ3) is 4.62. The Morgan fingerprint density at radius 3 is 2.18 bits per heavy atom. The molecule has 148 valence electrons. The molecule has 0 spiro atoms. The maximum atomic E-state index is 12.2. The molecule has 4 nitrogen and oxygen atoms in total. The first kappa shape index (κ1) is 19.2. The molecular weight excluding hydrogens is 348 g/mol. The van der Waals surface area contributed by atoms with Crippen LogP contribution in [0.15, 0.2) is 54.6 Å². The number of benzene rings is 2. The van der Waals surface area contributed by atoms with Crippen molar-refractivity contribution < 1.29 is 9.90 Å². The highest BCUT2D eigenvalue weighted by Gasteiger charge is 2.39. The fourth-order valence-electron chi connectivity index (χ4n) is 4.03. The molecule has 0 atom stereocenters. The van der Waals surface area contributed by atoms with E-state index in [2.05, 4.69) is 65.7 Å². The van der Waals surface area contributed by atoms with Gasteiger partial charge in [0.1, 0.15) is 0 Å². The lowest BCUT2D eigenvalue weighted by molar-refractivity contribution is -0.124. The fourth-order valence-corrected chi connectivity index (χ4v) is 4.03. The summed E-state index contributed by atoms with van der Waals surface area (Å²) >= 11 is 0. The van der Waals surface area contributed by atoms with Crippen molar-refractivity contribution in [1.29, 1.82) is 0 Å². The molecule has 2 aromatic carbocycles. The molecule has 1 aliphatic heterocycles.